The third-order valence-electron chi connectivity index (χ3n) is 3.21. The van der Waals surface area contributed by atoms with Crippen LogP contribution in [0.15, 0.2) is 42.5 Å². The zero-order valence-corrected chi connectivity index (χ0v) is 14.0. The average Bonchev–Trinajstić information content (AvgIpc) is 2.60. The quantitative estimate of drug-likeness (QED) is 0.814. The van der Waals surface area contributed by atoms with Gasteiger partial charge in [-0.15, -0.1) is 0 Å². The minimum atomic E-state index is -0.767. The van der Waals surface area contributed by atoms with Gasteiger partial charge in [0.15, 0.2) is 11.5 Å². The van der Waals surface area contributed by atoms with Gasteiger partial charge < -0.3 is 20.1 Å². The normalized spacial score (nSPS) is 9.96. The second kappa shape index (κ2) is 8.21. The number of amides is 2. The van der Waals surface area contributed by atoms with Crippen LogP contribution in [0.1, 0.15) is 5.56 Å². The van der Waals surface area contributed by atoms with Crippen molar-refractivity contribution in [3.05, 3.63) is 53.1 Å². The number of carbonyl (C=O) groups excluding carboxylic acids is 2. The number of rotatable bonds is 5. The number of hydrogen-bond acceptors (Lipinski definition) is 4. The number of anilines is 1. The van der Waals surface area contributed by atoms with Gasteiger partial charge in [-0.25, -0.2) is 0 Å². The van der Waals surface area contributed by atoms with Crippen LogP contribution in [-0.2, 0) is 16.1 Å². The summed E-state index contributed by atoms with van der Waals surface area (Å²) >= 11 is 5.79. The van der Waals surface area contributed by atoms with Gasteiger partial charge in [0.05, 0.1) is 14.2 Å². The van der Waals surface area contributed by atoms with E-state index < -0.39 is 11.8 Å². The van der Waals surface area contributed by atoms with Crippen LogP contribution in [0.25, 0.3) is 0 Å². The first-order chi connectivity index (χ1) is 11.5. The molecule has 2 N–H and O–H groups in total. The molecule has 0 aliphatic carbocycles. The van der Waals surface area contributed by atoms with Crippen LogP contribution in [-0.4, -0.2) is 26.0 Å². The van der Waals surface area contributed by atoms with Gasteiger partial charge in [-0.2, -0.15) is 0 Å². The van der Waals surface area contributed by atoms with E-state index in [4.69, 9.17) is 21.1 Å². The first kappa shape index (κ1) is 17.6. The predicted octanol–water partition coefficient (Wildman–Crippen LogP) is 2.61. The molecule has 0 saturated heterocycles. The fourth-order valence-electron chi connectivity index (χ4n) is 1.97. The lowest BCUT2D eigenvalue weighted by atomic mass is 10.2. The van der Waals surface area contributed by atoms with Crippen LogP contribution in [0.4, 0.5) is 5.69 Å². The van der Waals surface area contributed by atoms with Crippen LogP contribution < -0.4 is 20.1 Å². The van der Waals surface area contributed by atoms with Crippen LogP contribution in [0.3, 0.4) is 0 Å². The fraction of sp³-hybridized carbons (Fsp3) is 0.176. The van der Waals surface area contributed by atoms with Crippen molar-refractivity contribution >= 4 is 29.1 Å². The summed E-state index contributed by atoms with van der Waals surface area (Å²) in [6, 6.07) is 11.8. The molecule has 0 unspecified atom stereocenters. The average molecular weight is 349 g/mol. The fourth-order valence-corrected chi connectivity index (χ4v) is 2.09. The predicted molar refractivity (Wildman–Crippen MR) is 91.5 cm³/mol. The van der Waals surface area contributed by atoms with Gasteiger partial charge in [0.1, 0.15) is 0 Å². The Kier molecular flexibility index (Phi) is 6.03. The van der Waals surface area contributed by atoms with Crippen molar-refractivity contribution in [2.75, 3.05) is 19.5 Å². The van der Waals surface area contributed by atoms with Crippen molar-refractivity contribution in [3.8, 4) is 11.5 Å². The molecule has 0 bridgehead atoms. The standard InChI is InChI=1S/C17H17ClN2O4/c1-23-14-8-7-13(9-15(14)24-2)20-17(22)16(21)19-10-11-3-5-12(18)6-4-11/h3-9H,10H2,1-2H3,(H,19,21)(H,20,22). The number of methoxy groups -OCH3 is 2. The summed E-state index contributed by atoms with van der Waals surface area (Å²) in [6.07, 6.45) is 0. The Balaban J connectivity index is 1.93. The molecular weight excluding hydrogens is 332 g/mol. The maximum atomic E-state index is 11.9. The van der Waals surface area contributed by atoms with Gasteiger partial charge in [0.2, 0.25) is 0 Å². The minimum absolute atomic E-state index is 0.232. The van der Waals surface area contributed by atoms with E-state index in [1.54, 1.807) is 42.5 Å². The van der Waals surface area contributed by atoms with Gasteiger partial charge in [-0.1, -0.05) is 23.7 Å². The molecule has 7 heteroatoms. The van der Waals surface area contributed by atoms with Gasteiger partial charge in [0.25, 0.3) is 0 Å². The Bertz CT molecular complexity index is 732. The number of nitrogens with one attached hydrogen (secondary N) is 2. The molecule has 0 aliphatic heterocycles. The highest BCUT2D eigenvalue weighted by Gasteiger charge is 2.14. The van der Waals surface area contributed by atoms with Gasteiger partial charge >= 0.3 is 11.8 Å². The minimum Gasteiger partial charge on any atom is -0.493 e. The maximum Gasteiger partial charge on any atom is 0.313 e. The Morgan fingerprint density at radius 1 is 0.958 bits per heavy atom. The Morgan fingerprint density at radius 2 is 1.62 bits per heavy atom. The number of halogens is 1. The molecule has 0 spiro atoms. The van der Waals surface area contributed by atoms with E-state index in [-0.39, 0.29) is 6.54 Å². The van der Waals surface area contributed by atoms with Crippen molar-refractivity contribution in [1.29, 1.82) is 0 Å². The molecule has 2 aromatic rings. The van der Waals surface area contributed by atoms with E-state index in [2.05, 4.69) is 10.6 Å². The van der Waals surface area contributed by atoms with E-state index in [0.717, 1.165) is 5.56 Å². The van der Waals surface area contributed by atoms with Crippen LogP contribution in [0.5, 0.6) is 11.5 Å². The summed E-state index contributed by atoms with van der Waals surface area (Å²) in [5.74, 6) is -0.518. The molecule has 0 saturated carbocycles. The molecule has 2 aromatic carbocycles. The van der Waals surface area contributed by atoms with E-state index >= 15 is 0 Å². The molecular formula is C17H17ClN2O4. The van der Waals surface area contributed by atoms with E-state index in [1.165, 1.54) is 14.2 Å². The SMILES string of the molecule is COc1ccc(NC(=O)C(=O)NCc2ccc(Cl)cc2)cc1OC. The van der Waals surface area contributed by atoms with Crippen molar-refractivity contribution < 1.29 is 19.1 Å². The summed E-state index contributed by atoms with van der Waals surface area (Å²) < 4.78 is 10.3. The molecule has 2 amide bonds. The largest absolute Gasteiger partial charge is 0.493 e. The van der Waals surface area contributed by atoms with Crippen molar-refractivity contribution in [2.45, 2.75) is 6.54 Å². The summed E-state index contributed by atoms with van der Waals surface area (Å²) in [5, 5.41) is 5.65. The number of ether oxygens (including phenoxy) is 2. The van der Waals surface area contributed by atoms with Gasteiger partial charge in [-0.05, 0) is 29.8 Å². The molecule has 2 rings (SSSR count). The molecule has 24 heavy (non-hydrogen) atoms. The molecule has 0 fully saturated rings. The van der Waals surface area contributed by atoms with E-state index in [9.17, 15) is 9.59 Å². The smallest absolute Gasteiger partial charge is 0.313 e. The lowest BCUT2D eigenvalue weighted by molar-refractivity contribution is -0.136. The lowest BCUT2D eigenvalue weighted by Gasteiger charge is -2.10. The number of benzene rings is 2. The summed E-state index contributed by atoms with van der Waals surface area (Å²) in [4.78, 5) is 23.8. The first-order valence-corrected chi connectivity index (χ1v) is 7.47. The van der Waals surface area contributed by atoms with E-state index in [1.807, 2.05) is 0 Å². The van der Waals surface area contributed by atoms with Crippen molar-refractivity contribution in [3.63, 3.8) is 0 Å². The topological polar surface area (TPSA) is 76.7 Å². The zero-order chi connectivity index (χ0) is 17.5. The molecule has 6 nitrogen and oxygen atoms in total. The molecule has 0 radical (unpaired) electrons. The van der Waals surface area contributed by atoms with E-state index in [0.29, 0.717) is 22.2 Å². The third-order valence-corrected chi connectivity index (χ3v) is 3.47. The Labute approximate surface area is 144 Å². The highest BCUT2D eigenvalue weighted by Crippen LogP contribution is 2.29. The molecule has 0 atom stereocenters. The number of hydrogen-bond donors (Lipinski definition) is 2. The summed E-state index contributed by atoms with van der Waals surface area (Å²) in [6.45, 7) is 0.232. The highest BCUT2D eigenvalue weighted by molar-refractivity contribution is 6.39. The summed E-state index contributed by atoms with van der Waals surface area (Å²) in [7, 11) is 3.00. The van der Waals surface area contributed by atoms with Crippen molar-refractivity contribution in [2.24, 2.45) is 0 Å². The number of carbonyl (C=O) groups is 2. The Morgan fingerprint density at radius 3 is 2.25 bits per heavy atom. The zero-order valence-electron chi connectivity index (χ0n) is 13.3. The molecule has 0 heterocycles. The van der Waals surface area contributed by atoms with Crippen LogP contribution in [0.2, 0.25) is 5.02 Å². The lowest BCUT2D eigenvalue weighted by Crippen LogP contribution is -2.34. The molecule has 0 aliphatic rings. The molecule has 126 valence electrons. The van der Waals surface area contributed by atoms with Crippen molar-refractivity contribution in [1.82, 2.24) is 5.32 Å². The molecule has 0 aromatic heterocycles. The highest BCUT2D eigenvalue weighted by atomic mass is 35.5. The monoisotopic (exact) mass is 348 g/mol. The van der Waals surface area contributed by atoms with Gasteiger partial charge in [-0.3, -0.25) is 9.59 Å². The Hall–Kier alpha value is -2.73. The second-order valence-electron chi connectivity index (χ2n) is 4.83. The van der Waals surface area contributed by atoms with Gasteiger partial charge in [0, 0.05) is 23.3 Å². The van der Waals surface area contributed by atoms with Crippen LogP contribution in [0, 0.1) is 0 Å². The summed E-state index contributed by atoms with van der Waals surface area (Å²) in [5.41, 5.74) is 1.27. The first-order valence-electron chi connectivity index (χ1n) is 7.09. The second-order valence-corrected chi connectivity index (χ2v) is 5.27. The maximum absolute atomic E-state index is 11.9. The van der Waals surface area contributed by atoms with Crippen LogP contribution >= 0.6 is 11.6 Å². The third kappa shape index (κ3) is 4.63.